The molecular formula is C15H23FN2S. The minimum Gasteiger partial charge on any atom is -0.367 e. The van der Waals surface area contributed by atoms with E-state index in [0.29, 0.717) is 5.25 Å². The molecule has 2 rings (SSSR count). The molecule has 0 radical (unpaired) electrons. The lowest BCUT2D eigenvalue weighted by atomic mass is 10.1. The van der Waals surface area contributed by atoms with Gasteiger partial charge < -0.3 is 10.2 Å². The van der Waals surface area contributed by atoms with Gasteiger partial charge in [0.15, 0.2) is 0 Å². The first-order valence-corrected chi connectivity index (χ1v) is 8.15. The molecule has 4 heteroatoms. The molecule has 106 valence electrons. The van der Waals surface area contributed by atoms with Gasteiger partial charge in [-0.15, -0.1) is 0 Å². The highest BCUT2D eigenvalue weighted by atomic mass is 32.2. The first-order chi connectivity index (χ1) is 9.24. The van der Waals surface area contributed by atoms with Crippen molar-refractivity contribution in [1.82, 2.24) is 5.32 Å². The van der Waals surface area contributed by atoms with Crippen molar-refractivity contribution in [3.05, 3.63) is 29.6 Å². The lowest BCUT2D eigenvalue weighted by Gasteiger charge is -2.34. The van der Waals surface area contributed by atoms with Crippen molar-refractivity contribution in [3.8, 4) is 0 Å². The Morgan fingerprint density at radius 1 is 1.42 bits per heavy atom. The number of thioether (sulfide) groups is 1. The number of benzene rings is 1. The minimum absolute atomic E-state index is 0.0860. The fraction of sp³-hybridized carbons (Fsp3) is 0.600. The van der Waals surface area contributed by atoms with Gasteiger partial charge in [0.25, 0.3) is 0 Å². The second-order valence-corrected chi connectivity index (χ2v) is 6.32. The van der Waals surface area contributed by atoms with E-state index in [1.54, 1.807) is 6.07 Å². The molecule has 0 spiro atoms. The zero-order valence-electron chi connectivity index (χ0n) is 11.8. The summed E-state index contributed by atoms with van der Waals surface area (Å²) in [6.07, 6.45) is 1.15. The Labute approximate surface area is 119 Å². The maximum atomic E-state index is 14.2. The number of halogens is 1. The Bertz CT molecular complexity index is 411. The first kappa shape index (κ1) is 14.7. The van der Waals surface area contributed by atoms with E-state index in [4.69, 9.17) is 0 Å². The molecule has 1 unspecified atom stereocenters. The molecule has 0 amide bonds. The van der Waals surface area contributed by atoms with Gasteiger partial charge in [0.2, 0.25) is 0 Å². The highest BCUT2D eigenvalue weighted by Crippen LogP contribution is 2.28. The van der Waals surface area contributed by atoms with Crippen molar-refractivity contribution in [3.63, 3.8) is 0 Å². The van der Waals surface area contributed by atoms with E-state index in [-0.39, 0.29) is 5.82 Å². The summed E-state index contributed by atoms with van der Waals surface area (Å²) in [6.45, 7) is 7.82. The smallest absolute Gasteiger partial charge is 0.146 e. The summed E-state index contributed by atoms with van der Waals surface area (Å²) in [5.74, 6) is 1.01. The normalized spacial score (nSPS) is 19.7. The van der Waals surface area contributed by atoms with E-state index in [1.165, 1.54) is 0 Å². The number of nitrogens with zero attached hydrogens (tertiary/aromatic N) is 1. The third kappa shape index (κ3) is 3.86. The first-order valence-electron chi connectivity index (χ1n) is 7.10. The molecule has 0 aromatic heterocycles. The molecule has 2 nitrogen and oxygen atoms in total. The van der Waals surface area contributed by atoms with Crippen LogP contribution in [0.4, 0.5) is 10.1 Å². The Balaban J connectivity index is 2.07. The summed E-state index contributed by atoms with van der Waals surface area (Å²) >= 11 is 2.01. The van der Waals surface area contributed by atoms with Crippen LogP contribution in [0.5, 0.6) is 0 Å². The summed E-state index contributed by atoms with van der Waals surface area (Å²) in [6, 6.07) is 5.63. The van der Waals surface area contributed by atoms with E-state index >= 15 is 0 Å². The van der Waals surface area contributed by atoms with Crippen LogP contribution < -0.4 is 10.2 Å². The van der Waals surface area contributed by atoms with Crippen molar-refractivity contribution in [1.29, 1.82) is 0 Å². The van der Waals surface area contributed by atoms with Gasteiger partial charge in [0.1, 0.15) is 5.82 Å². The molecule has 0 aliphatic carbocycles. The maximum absolute atomic E-state index is 14.2. The highest BCUT2D eigenvalue weighted by molar-refractivity contribution is 8.00. The number of rotatable bonds is 5. The van der Waals surface area contributed by atoms with Gasteiger partial charge in [-0.1, -0.05) is 19.9 Å². The molecule has 1 aliphatic rings. The summed E-state index contributed by atoms with van der Waals surface area (Å²) in [5.41, 5.74) is 1.78. The van der Waals surface area contributed by atoms with E-state index in [1.807, 2.05) is 23.9 Å². The van der Waals surface area contributed by atoms with Gasteiger partial charge in [-0.3, -0.25) is 0 Å². The molecular weight excluding hydrogens is 259 g/mol. The molecule has 1 fully saturated rings. The standard InChI is InChI=1S/C15H23FN2S/c1-3-13-11-18(7-8-19-13)15-6-5-12(9-14(15)16)10-17-4-2/h5-6,9,13,17H,3-4,7-8,10-11H2,1-2H3. The Morgan fingerprint density at radius 2 is 2.26 bits per heavy atom. The van der Waals surface area contributed by atoms with Crippen molar-refractivity contribution in [2.45, 2.75) is 32.1 Å². The van der Waals surface area contributed by atoms with Gasteiger partial charge in [-0.25, -0.2) is 4.39 Å². The van der Waals surface area contributed by atoms with Crippen molar-refractivity contribution in [2.75, 3.05) is 30.3 Å². The molecule has 1 N–H and O–H groups in total. The number of hydrogen-bond donors (Lipinski definition) is 1. The topological polar surface area (TPSA) is 15.3 Å². The zero-order valence-corrected chi connectivity index (χ0v) is 12.6. The number of nitrogens with one attached hydrogen (secondary N) is 1. The number of hydrogen-bond acceptors (Lipinski definition) is 3. The predicted octanol–water partition coefficient (Wildman–Crippen LogP) is 3.27. The van der Waals surface area contributed by atoms with Crippen LogP contribution >= 0.6 is 11.8 Å². The van der Waals surface area contributed by atoms with Crippen LogP contribution in [-0.4, -0.2) is 30.6 Å². The van der Waals surface area contributed by atoms with Gasteiger partial charge in [0.05, 0.1) is 5.69 Å². The number of anilines is 1. The van der Waals surface area contributed by atoms with Crippen molar-refractivity contribution in [2.24, 2.45) is 0 Å². The van der Waals surface area contributed by atoms with E-state index in [0.717, 1.165) is 49.6 Å². The molecule has 1 aliphatic heterocycles. The third-order valence-corrected chi connectivity index (χ3v) is 4.90. The molecule has 1 aromatic rings. The minimum atomic E-state index is -0.0860. The van der Waals surface area contributed by atoms with Crippen LogP contribution in [0.3, 0.4) is 0 Å². The Kier molecular flexibility index (Phi) is 5.52. The highest BCUT2D eigenvalue weighted by Gasteiger charge is 2.21. The monoisotopic (exact) mass is 282 g/mol. The summed E-state index contributed by atoms with van der Waals surface area (Å²) in [5, 5.41) is 3.86. The molecule has 1 aromatic carbocycles. The quantitative estimate of drug-likeness (QED) is 0.892. The molecule has 0 saturated carbocycles. The summed E-state index contributed by atoms with van der Waals surface area (Å²) < 4.78 is 14.2. The van der Waals surface area contributed by atoms with Gasteiger partial charge >= 0.3 is 0 Å². The second kappa shape index (κ2) is 7.15. The zero-order chi connectivity index (χ0) is 13.7. The van der Waals surface area contributed by atoms with Crippen molar-refractivity contribution < 1.29 is 4.39 Å². The summed E-state index contributed by atoms with van der Waals surface area (Å²) in [4.78, 5) is 2.19. The lowest BCUT2D eigenvalue weighted by Crippen LogP contribution is -2.38. The van der Waals surface area contributed by atoms with Gasteiger partial charge in [0, 0.05) is 30.6 Å². The van der Waals surface area contributed by atoms with Crippen LogP contribution in [0.25, 0.3) is 0 Å². The fourth-order valence-corrected chi connectivity index (χ4v) is 3.55. The molecule has 1 saturated heterocycles. The van der Waals surface area contributed by atoms with Crippen molar-refractivity contribution >= 4 is 17.4 Å². The molecule has 19 heavy (non-hydrogen) atoms. The fourth-order valence-electron chi connectivity index (χ4n) is 2.37. The average molecular weight is 282 g/mol. The third-order valence-electron chi connectivity index (χ3n) is 3.53. The van der Waals surface area contributed by atoms with Crippen LogP contribution in [0.15, 0.2) is 18.2 Å². The summed E-state index contributed by atoms with van der Waals surface area (Å²) in [7, 11) is 0. The predicted molar refractivity (Wildman–Crippen MR) is 82.5 cm³/mol. The van der Waals surface area contributed by atoms with Gasteiger partial charge in [-0.05, 0) is 30.7 Å². The van der Waals surface area contributed by atoms with E-state index in [9.17, 15) is 4.39 Å². The van der Waals surface area contributed by atoms with E-state index < -0.39 is 0 Å². The molecule has 1 atom stereocenters. The second-order valence-electron chi connectivity index (χ2n) is 4.91. The van der Waals surface area contributed by atoms with E-state index in [2.05, 4.69) is 24.1 Å². The van der Waals surface area contributed by atoms with Gasteiger partial charge in [-0.2, -0.15) is 11.8 Å². The molecule has 1 heterocycles. The Hall–Kier alpha value is -0.740. The largest absolute Gasteiger partial charge is 0.367 e. The molecule has 0 bridgehead atoms. The maximum Gasteiger partial charge on any atom is 0.146 e. The Morgan fingerprint density at radius 3 is 2.95 bits per heavy atom. The lowest BCUT2D eigenvalue weighted by molar-refractivity contribution is 0.608. The van der Waals surface area contributed by atoms with Crippen LogP contribution in [0.1, 0.15) is 25.8 Å². The van der Waals surface area contributed by atoms with Crippen LogP contribution in [-0.2, 0) is 6.54 Å². The van der Waals surface area contributed by atoms with Crippen LogP contribution in [0.2, 0.25) is 0 Å². The van der Waals surface area contributed by atoms with Crippen LogP contribution in [0, 0.1) is 5.82 Å². The SMILES string of the molecule is CCNCc1ccc(N2CCSC(CC)C2)c(F)c1. The average Bonchev–Trinajstić information content (AvgIpc) is 2.45.